The van der Waals surface area contributed by atoms with E-state index in [9.17, 15) is 19.1 Å². The summed E-state index contributed by atoms with van der Waals surface area (Å²) in [5, 5.41) is 8.58. The van der Waals surface area contributed by atoms with E-state index in [4.69, 9.17) is 9.94 Å². The Kier molecular flexibility index (Phi) is 20.1. The average molecular weight is 452 g/mol. The Morgan fingerprint density at radius 2 is 1.17 bits per heavy atom. The zero-order valence-electron chi connectivity index (χ0n) is 19.1. The molecule has 0 unspecified atom stereocenters. The number of hydrogen-bond donors (Lipinski definition) is 3. The van der Waals surface area contributed by atoms with Gasteiger partial charge in [0.2, 0.25) is 0 Å². The number of rotatable bonds is 23. The number of carbonyl (C=O) groups is 1. The second-order valence-corrected chi connectivity index (χ2v) is 9.70. The van der Waals surface area contributed by atoms with Crippen molar-refractivity contribution in [2.24, 2.45) is 0 Å². The number of carboxylic acids is 1. The van der Waals surface area contributed by atoms with Gasteiger partial charge in [-0.2, -0.15) is 0 Å². The van der Waals surface area contributed by atoms with Gasteiger partial charge in [-0.25, -0.2) is 4.57 Å². The van der Waals surface area contributed by atoms with Crippen molar-refractivity contribution in [3.8, 4) is 0 Å². The Hall–Kier alpha value is -0.460. The maximum atomic E-state index is 11.6. The van der Waals surface area contributed by atoms with Crippen LogP contribution in [-0.4, -0.2) is 38.8 Å². The topological polar surface area (TPSA) is 107 Å². The van der Waals surface area contributed by atoms with Crippen LogP contribution >= 0.6 is 7.75 Å². The Morgan fingerprint density at radius 3 is 1.63 bits per heavy atom. The highest BCUT2D eigenvalue weighted by Gasteiger charge is 2.25. The molecule has 0 fully saturated rings. The first-order chi connectivity index (χ1) is 14.4. The lowest BCUT2D eigenvalue weighted by atomic mass is 10.1. The van der Waals surface area contributed by atoms with Gasteiger partial charge in [-0.3, -0.25) is 9.63 Å². The van der Waals surface area contributed by atoms with Gasteiger partial charge in [0.05, 0.1) is 6.61 Å². The van der Waals surface area contributed by atoms with Gasteiger partial charge in [-0.15, -0.1) is 0 Å². The summed E-state index contributed by atoms with van der Waals surface area (Å²) in [6.07, 6.45) is 18.5. The first-order valence-corrected chi connectivity index (χ1v) is 13.6. The van der Waals surface area contributed by atoms with E-state index in [1.807, 2.05) is 0 Å². The van der Waals surface area contributed by atoms with Crippen molar-refractivity contribution in [2.45, 2.75) is 122 Å². The van der Waals surface area contributed by atoms with Crippen molar-refractivity contribution in [3.05, 3.63) is 0 Å². The van der Waals surface area contributed by atoms with E-state index < -0.39 is 13.7 Å². The van der Waals surface area contributed by atoms with Crippen molar-refractivity contribution in [1.29, 1.82) is 0 Å². The second kappa shape index (κ2) is 20.4. The zero-order chi connectivity index (χ0) is 22.5. The van der Waals surface area contributed by atoms with E-state index >= 15 is 0 Å². The van der Waals surface area contributed by atoms with Crippen LogP contribution in [0.3, 0.4) is 0 Å². The third-order valence-electron chi connectivity index (χ3n) is 5.27. The Morgan fingerprint density at radius 1 is 0.733 bits per heavy atom. The quantitative estimate of drug-likeness (QED) is 0.0932. The SMILES string of the molecule is CCCCCCCCCCON(CCCCCCCCCCCC(=O)O)P(=O)(O)O. The first kappa shape index (κ1) is 29.5. The van der Waals surface area contributed by atoms with Crippen LogP contribution in [0.15, 0.2) is 0 Å². The van der Waals surface area contributed by atoms with Gasteiger partial charge < -0.3 is 14.9 Å². The molecule has 0 aromatic carbocycles. The van der Waals surface area contributed by atoms with Crippen LogP contribution in [0.2, 0.25) is 0 Å². The van der Waals surface area contributed by atoms with Crippen LogP contribution < -0.4 is 0 Å². The third-order valence-corrected chi connectivity index (χ3v) is 6.17. The molecule has 0 amide bonds. The summed E-state index contributed by atoms with van der Waals surface area (Å²) in [5.41, 5.74) is 0. The van der Waals surface area contributed by atoms with Gasteiger partial charge in [0, 0.05) is 13.0 Å². The summed E-state index contributed by atoms with van der Waals surface area (Å²) in [6, 6.07) is 0. The third kappa shape index (κ3) is 20.8. The molecule has 0 aromatic rings. The normalized spacial score (nSPS) is 12.0. The van der Waals surface area contributed by atoms with Gasteiger partial charge in [-0.05, 0) is 19.3 Å². The van der Waals surface area contributed by atoms with Crippen molar-refractivity contribution in [2.75, 3.05) is 13.2 Å². The molecule has 0 rings (SSSR count). The van der Waals surface area contributed by atoms with Crippen LogP contribution in [0.5, 0.6) is 0 Å². The second-order valence-electron chi connectivity index (χ2n) is 8.22. The monoisotopic (exact) mass is 451 g/mol. The van der Waals surface area contributed by atoms with E-state index in [1.165, 1.54) is 32.1 Å². The minimum absolute atomic E-state index is 0.260. The van der Waals surface area contributed by atoms with E-state index in [2.05, 4.69) is 6.92 Å². The fraction of sp³-hybridized carbons (Fsp3) is 0.955. The highest BCUT2D eigenvalue weighted by Crippen LogP contribution is 2.40. The van der Waals surface area contributed by atoms with Gasteiger partial charge >= 0.3 is 13.7 Å². The van der Waals surface area contributed by atoms with E-state index in [0.717, 1.165) is 75.5 Å². The van der Waals surface area contributed by atoms with Crippen LogP contribution in [-0.2, 0) is 14.2 Å². The van der Waals surface area contributed by atoms with E-state index in [1.54, 1.807) is 0 Å². The lowest BCUT2D eigenvalue weighted by molar-refractivity contribution is -0.137. The molecule has 0 atom stereocenters. The van der Waals surface area contributed by atoms with Gasteiger partial charge in [-0.1, -0.05) is 102 Å². The predicted octanol–water partition coefficient (Wildman–Crippen LogP) is 6.44. The van der Waals surface area contributed by atoms with Gasteiger partial charge in [0.25, 0.3) is 0 Å². The standard InChI is InChI=1S/C22H46NO6P/c1-2-3-4-5-6-12-15-18-21-29-23(30(26,27)28)20-17-14-11-9-7-8-10-13-16-19-22(24)25/h2-21H2,1H3,(H,24,25)(H2,26,27,28). The maximum absolute atomic E-state index is 11.6. The van der Waals surface area contributed by atoms with Crippen molar-refractivity contribution in [1.82, 2.24) is 4.83 Å². The summed E-state index contributed by atoms with van der Waals surface area (Å²) in [7, 11) is -4.36. The van der Waals surface area contributed by atoms with E-state index in [0.29, 0.717) is 13.0 Å². The number of nitrogens with zero attached hydrogens (tertiary/aromatic N) is 1. The zero-order valence-corrected chi connectivity index (χ0v) is 20.0. The van der Waals surface area contributed by atoms with Crippen LogP contribution in [0.1, 0.15) is 122 Å². The molecule has 0 aliphatic rings. The highest BCUT2D eigenvalue weighted by molar-refractivity contribution is 7.48. The number of unbranched alkanes of at least 4 members (excludes halogenated alkanes) is 15. The average Bonchev–Trinajstić information content (AvgIpc) is 2.68. The number of carboxylic acid groups (broad SMARTS) is 1. The Labute approximate surface area is 183 Å². The molecule has 180 valence electrons. The van der Waals surface area contributed by atoms with Crippen molar-refractivity contribution in [3.63, 3.8) is 0 Å². The molecule has 0 radical (unpaired) electrons. The molecule has 0 aromatic heterocycles. The molecule has 3 N–H and O–H groups in total. The molecule has 0 aliphatic carbocycles. The smallest absolute Gasteiger partial charge is 0.426 e. The molecule has 0 heterocycles. The van der Waals surface area contributed by atoms with Crippen molar-refractivity contribution < 1.29 is 29.1 Å². The minimum atomic E-state index is -4.36. The fourth-order valence-corrected chi connectivity index (χ4v) is 4.07. The predicted molar refractivity (Wildman–Crippen MR) is 121 cm³/mol. The van der Waals surface area contributed by atoms with Crippen LogP contribution in [0.25, 0.3) is 0 Å². The lowest BCUT2D eigenvalue weighted by Gasteiger charge is -2.22. The molecule has 8 heteroatoms. The summed E-state index contributed by atoms with van der Waals surface area (Å²) < 4.78 is 11.6. The molecular formula is C22H46NO6P. The van der Waals surface area contributed by atoms with Crippen LogP contribution in [0, 0.1) is 0 Å². The number of aliphatic carboxylic acids is 1. The molecule has 0 saturated carbocycles. The Balaban J connectivity index is 3.63. The number of hydroxylamine groups is 1. The summed E-state index contributed by atoms with van der Waals surface area (Å²) in [4.78, 5) is 35.6. The first-order valence-electron chi connectivity index (χ1n) is 12.1. The minimum Gasteiger partial charge on any atom is -0.481 e. The fourth-order valence-electron chi connectivity index (χ4n) is 3.44. The molecule has 0 saturated heterocycles. The molecule has 0 bridgehead atoms. The lowest BCUT2D eigenvalue weighted by Crippen LogP contribution is -2.22. The van der Waals surface area contributed by atoms with Gasteiger partial charge in [0.1, 0.15) is 0 Å². The molecule has 30 heavy (non-hydrogen) atoms. The maximum Gasteiger partial charge on any atom is 0.426 e. The Bertz CT molecular complexity index is 443. The summed E-state index contributed by atoms with van der Waals surface area (Å²) in [5.74, 6) is -0.721. The van der Waals surface area contributed by atoms with Gasteiger partial charge in [0.15, 0.2) is 0 Å². The summed E-state index contributed by atoms with van der Waals surface area (Å²) in [6.45, 7) is 2.83. The number of hydrogen-bond acceptors (Lipinski definition) is 3. The molecule has 0 spiro atoms. The molecule has 0 aliphatic heterocycles. The highest BCUT2D eigenvalue weighted by atomic mass is 31.2. The summed E-state index contributed by atoms with van der Waals surface area (Å²) >= 11 is 0. The largest absolute Gasteiger partial charge is 0.481 e. The molecule has 7 nitrogen and oxygen atoms in total. The van der Waals surface area contributed by atoms with E-state index in [-0.39, 0.29) is 13.0 Å². The van der Waals surface area contributed by atoms with Crippen LogP contribution in [0.4, 0.5) is 0 Å². The van der Waals surface area contributed by atoms with Crippen molar-refractivity contribution >= 4 is 13.7 Å². The molecular weight excluding hydrogens is 405 g/mol.